The summed E-state index contributed by atoms with van der Waals surface area (Å²) in [5.41, 5.74) is 7.26. The molecule has 2 aromatic rings. The fraction of sp³-hybridized carbons (Fsp3) is 0.500. The molecule has 5 nitrogen and oxygen atoms in total. The highest BCUT2D eigenvalue weighted by Gasteiger charge is 2.28. The van der Waals surface area contributed by atoms with Gasteiger partial charge in [0.2, 0.25) is 11.7 Å². The molecule has 1 aromatic heterocycles. The van der Waals surface area contributed by atoms with E-state index in [1.54, 1.807) is 0 Å². The predicted molar refractivity (Wildman–Crippen MR) is 78.9 cm³/mol. The maximum Gasteiger partial charge on any atom is 0.228 e. The summed E-state index contributed by atoms with van der Waals surface area (Å²) in [4.78, 5) is 4.44. The van der Waals surface area contributed by atoms with Crippen molar-refractivity contribution in [3.63, 3.8) is 0 Å². The highest BCUT2D eigenvalue weighted by molar-refractivity contribution is 5.37. The van der Waals surface area contributed by atoms with Crippen LogP contribution in [-0.4, -0.2) is 16.2 Å². The summed E-state index contributed by atoms with van der Waals surface area (Å²) in [7, 11) is 0. The Morgan fingerprint density at radius 3 is 2.90 bits per heavy atom. The van der Waals surface area contributed by atoms with Crippen molar-refractivity contribution < 1.29 is 9.26 Å². The van der Waals surface area contributed by atoms with Gasteiger partial charge < -0.3 is 15.0 Å². The van der Waals surface area contributed by atoms with Crippen LogP contribution in [0.5, 0.6) is 5.75 Å². The van der Waals surface area contributed by atoms with Gasteiger partial charge in [-0.25, -0.2) is 0 Å². The maximum absolute atomic E-state index is 6.08. The van der Waals surface area contributed by atoms with Crippen LogP contribution in [0.15, 0.2) is 28.8 Å². The minimum absolute atomic E-state index is 0.0555. The van der Waals surface area contributed by atoms with Crippen LogP contribution in [0.3, 0.4) is 0 Å². The maximum atomic E-state index is 6.08. The molecule has 2 N–H and O–H groups in total. The molecule has 0 fully saturated rings. The smallest absolute Gasteiger partial charge is 0.228 e. The van der Waals surface area contributed by atoms with E-state index in [9.17, 15) is 0 Å². The van der Waals surface area contributed by atoms with Gasteiger partial charge in [-0.15, -0.1) is 0 Å². The van der Waals surface area contributed by atoms with Gasteiger partial charge in [0.25, 0.3) is 0 Å². The third kappa shape index (κ3) is 3.24. The third-order valence-electron chi connectivity index (χ3n) is 3.63. The van der Waals surface area contributed by atoms with E-state index in [2.05, 4.69) is 30.1 Å². The second kappa shape index (κ2) is 5.85. The largest absolute Gasteiger partial charge is 0.482 e. The Morgan fingerprint density at radius 1 is 1.33 bits per heavy atom. The Kier molecular flexibility index (Phi) is 3.92. The summed E-state index contributed by atoms with van der Waals surface area (Å²) in [6.07, 6.45) is 2.20. The lowest BCUT2D eigenvalue weighted by Crippen LogP contribution is -2.24. The molecule has 2 heterocycles. The second-order valence-corrected chi connectivity index (χ2v) is 6.06. The number of fused-ring (bicyclic) bond motifs is 1. The highest BCUT2D eigenvalue weighted by atomic mass is 16.5. The van der Waals surface area contributed by atoms with Gasteiger partial charge in [-0.1, -0.05) is 37.2 Å². The molecule has 1 aromatic carbocycles. The Morgan fingerprint density at radius 2 is 2.14 bits per heavy atom. The summed E-state index contributed by atoms with van der Waals surface area (Å²) in [6, 6.07) is 8.06. The van der Waals surface area contributed by atoms with Gasteiger partial charge in [0, 0.05) is 18.9 Å². The summed E-state index contributed by atoms with van der Waals surface area (Å²) in [5.74, 6) is 2.68. The van der Waals surface area contributed by atoms with Crippen molar-refractivity contribution in [2.45, 2.75) is 45.3 Å². The van der Waals surface area contributed by atoms with Gasteiger partial charge in [0.15, 0.2) is 6.10 Å². The molecule has 21 heavy (non-hydrogen) atoms. The number of aromatic nitrogens is 2. The molecule has 0 saturated heterocycles. The van der Waals surface area contributed by atoms with Gasteiger partial charge in [-0.05, 0) is 24.0 Å². The lowest BCUT2D eigenvalue weighted by Gasteiger charge is -2.10. The first kappa shape index (κ1) is 14.1. The van der Waals surface area contributed by atoms with Crippen molar-refractivity contribution in [3.8, 4) is 5.75 Å². The summed E-state index contributed by atoms with van der Waals surface area (Å²) >= 11 is 0. The topological polar surface area (TPSA) is 74.2 Å². The van der Waals surface area contributed by atoms with Crippen molar-refractivity contribution in [3.05, 3.63) is 41.5 Å². The van der Waals surface area contributed by atoms with E-state index in [4.69, 9.17) is 15.0 Å². The normalized spacial score (nSPS) is 18.6. The molecular formula is C16H21N3O2. The number of rotatable bonds is 5. The minimum atomic E-state index is -0.152. The summed E-state index contributed by atoms with van der Waals surface area (Å²) in [6.45, 7) is 4.31. The number of benzene rings is 1. The molecule has 2 unspecified atom stereocenters. The molecule has 0 bridgehead atoms. The Labute approximate surface area is 124 Å². The van der Waals surface area contributed by atoms with E-state index in [0.29, 0.717) is 24.1 Å². The van der Waals surface area contributed by atoms with Gasteiger partial charge in [0.1, 0.15) is 5.75 Å². The first-order chi connectivity index (χ1) is 10.1. The number of ether oxygens (including phenoxy) is 1. The first-order valence-corrected chi connectivity index (χ1v) is 7.44. The van der Waals surface area contributed by atoms with Crippen molar-refractivity contribution >= 4 is 0 Å². The molecule has 0 spiro atoms. The third-order valence-corrected chi connectivity index (χ3v) is 3.63. The predicted octanol–water partition coefficient (Wildman–Crippen LogP) is 2.66. The van der Waals surface area contributed by atoms with Gasteiger partial charge in [-0.3, -0.25) is 0 Å². The van der Waals surface area contributed by atoms with Crippen LogP contribution in [0.1, 0.15) is 43.7 Å². The van der Waals surface area contributed by atoms with E-state index >= 15 is 0 Å². The molecule has 0 radical (unpaired) electrons. The van der Waals surface area contributed by atoms with Crippen molar-refractivity contribution in [1.82, 2.24) is 10.1 Å². The molecule has 0 saturated carbocycles. The number of hydrogen-bond acceptors (Lipinski definition) is 5. The van der Waals surface area contributed by atoms with Crippen molar-refractivity contribution in [2.75, 3.05) is 0 Å². The van der Waals surface area contributed by atoms with Crippen LogP contribution in [0.2, 0.25) is 0 Å². The van der Waals surface area contributed by atoms with E-state index < -0.39 is 0 Å². The number of nitrogens with two attached hydrogens (primary N) is 1. The first-order valence-electron chi connectivity index (χ1n) is 7.44. The van der Waals surface area contributed by atoms with Gasteiger partial charge in [0.05, 0.1) is 0 Å². The highest BCUT2D eigenvalue weighted by Crippen LogP contribution is 2.35. The molecule has 0 amide bonds. The molecule has 2 atom stereocenters. The molecule has 3 rings (SSSR count). The summed E-state index contributed by atoms with van der Waals surface area (Å²) in [5, 5.41) is 4.05. The van der Waals surface area contributed by atoms with Crippen LogP contribution in [0, 0.1) is 5.92 Å². The Balaban J connectivity index is 1.64. The SMILES string of the molecule is CC(C)CC(N)Cc1nc(C2Cc3ccccc3O2)no1. The minimum Gasteiger partial charge on any atom is -0.482 e. The zero-order valence-electron chi connectivity index (χ0n) is 12.5. The van der Waals surface area contributed by atoms with Crippen LogP contribution < -0.4 is 10.5 Å². The van der Waals surface area contributed by atoms with Crippen molar-refractivity contribution in [2.24, 2.45) is 11.7 Å². The summed E-state index contributed by atoms with van der Waals surface area (Å²) < 4.78 is 11.2. The lowest BCUT2D eigenvalue weighted by molar-refractivity contribution is 0.221. The van der Waals surface area contributed by atoms with Crippen molar-refractivity contribution in [1.29, 1.82) is 0 Å². The van der Waals surface area contributed by atoms with E-state index in [-0.39, 0.29) is 12.1 Å². The quantitative estimate of drug-likeness (QED) is 0.915. The molecule has 1 aliphatic heterocycles. The Bertz CT molecular complexity index is 584. The number of nitrogens with zero attached hydrogens (tertiary/aromatic N) is 2. The van der Waals surface area contributed by atoms with E-state index in [1.807, 2.05) is 18.2 Å². The zero-order valence-corrected chi connectivity index (χ0v) is 12.5. The fourth-order valence-electron chi connectivity index (χ4n) is 2.72. The molecule has 5 heteroatoms. The second-order valence-electron chi connectivity index (χ2n) is 6.06. The van der Waals surface area contributed by atoms with Crippen LogP contribution in [-0.2, 0) is 12.8 Å². The molecule has 112 valence electrons. The average molecular weight is 287 g/mol. The van der Waals surface area contributed by atoms with Crippen LogP contribution >= 0.6 is 0 Å². The van der Waals surface area contributed by atoms with E-state index in [1.165, 1.54) is 5.56 Å². The van der Waals surface area contributed by atoms with Gasteiger partial charge >= 0.3 is 0 Å². The van der Waals surface area contributed by atoms with E-state index in [0.717, 1.165) is 18.6 Å². The molecular weight excluding hydrogens is 266 g/mol. The van der Waals surface area contributed by atoms with Crippen LogP contribution in [0.4, 0.5) is 0 Å². The number of para-hydroxylation sites is 1. The fourth-order valence-corrected chi connectivity index (χ4v) is 2.72. The monoisotopic (exact) mass is 287 g/mol. The standard InChI is InChI=1S/C16H21N3O2/c1-10(2)7-12(17)9-15-18-16(19-21-15)14-8-11-5-3-4-6-13(11)20-14/h3-6,10,12,14H,7-9,17H2,1-2H3. The number of hydrogen-bond donors (Lipinski definition) is 1. The average Bonchev–Trinajstić information content (AvgIpc) is 3.03. The zero-order chi connectivity index (χ0) is 14.8. The van der Waals surface area contributed by atoms with Gasteiger partial charge in [-0.2, -0.15) is 4.98 Å². The molecule has 0 aliphatic carbocycles. The van der Waals surface area contributed by atoms with Crippen LogP contribution in [0.25, 0.3) is 0 Å². The Hall–Kier alpha value is -1.88. The lowest BCUT2D eigenvalue weighted by atomic mass is 10.0. The molecule has 1 aliphatic rings.